The van der Waals surface area contributed by atoms with E-state index < -0.39 is 12.1 Å². The summed E-state index contributed by atoms with van der Waals surface area (Å²) in [6.07, 6.45) is 1.30. The molecule has 0 aliphatic rings. The molecular formula is C16H20F2O4. The van der Waals surface area contributed by atoms with E-state index >= 15 is 0 Å². The second kappa shape index (κ2) is 8.46. The van der Waals surface area contributed by atoms with E-state index in [-0.39, 0.29) is 11.5 Å². The average molecular weight is 314 g/mol. The van der Waals surface area contributed by atoms with Crippen LogP contribution in [0.1, 0.15) is 55.8 Å². The van der Waals surface area contributed by atoms with Gasteiger partial charge in [0.1, 0.15) is 5.75 Å². The van der Waals surface area contributed by atoms with E-state index in [1.165, 1.54) is 24.3 Å². The van der Waals surface area contributed by atoms with Crippen molar-refractivity contribution >= 4 is 11.8 Å². The zero-order valence-corrected chi connectivity index (χ0v) is 12.5. The molecule has 1 N–H and O–H groups in total. The van der Waals surface area contributed by atoms with E-state index in [9.17, 15) is 18.4 Å². The molecule has 0 atom stereocenters. The molecular weight excluding hydrogens is 294 g/mol. The lowest BCUT2D eigenvalue weighted by Gasteiger charge is -2.13. The molecule has 122 valence electrons. The number of carboxylic acids is 1. The van der Waals surface area contributed by atoms with Crippen molar-refractivity contribution in [3.63, 3.8) is 0 Å². The maximum Gasteiger partial charge on any atom is 0.501 e. The fourth-order valence-electron chi connectivity index (χ4n) is 1.93. The number of unbranched alkanes of at least 4 members (excludes halogenated alkanes) is 4. The summed E-state index contributed by atoms with van der Waals surface area (Å²) in [5, 5.41) is 8.27. The Hall–Kier alpha value is -1.98. The number of alkyl halides is 2. The molecule has 1 aromatic carbocycles. The summed E-state index contributed by atoms with van der Waals surface area (Å²) in [6, 6.07) is 5.06. The molecule has 0 aliphatic carbocycles. The molecule has 0 aliphatic heterocycles. The second-order valence-corrected chi connectivity index (χ2v) is 5.04. The summed E-state index contributed by atoms with van der Waals surface area (Å²) in [7, 11) is 0. The van der Waals surface area contributed by atoms with Gasteiger partial charge >= 0.3 is 12.1 Å². The van der Waals surface area contributed by atoms with Gasteiger partial charge in [-0.25, -0.2) is 4.79 Å². The number of rotatable bonds is 10. The number of aliphatic carboxylic acids is 1. The molecule has 0 saturated heterocycles. The van der Waals surface area contributed by atoms with Gasteiger partial charge in [0, 0.05) is 12.0 Å². The van der Waals surface area contributed by atoms with E-state index in [2.05, 4.69) is 11.7 Å². The molecule has 0 unspecified atom stereocenters. The fourth-order valence-corrected chi connectivity index (χ4v) is 1.93. The molecule has 0 fully saturated rings. The molecule has 0 bridgehead atoms. The monoisotopic (exact) mass is 314 g/mol. The van der Waals surface area contributed by atoms with Gasteiger partial charge in [0.15, 0.2) is 5.78 Å². The zero-order valence-electron chi connectivity index (χ0n) is 12.5. The zero-order chi connectivity index (χ0) is 16.6. The number of Topliss-reactive ketones (excluding diaryl/α,β-unsaturated/α-hetero) is 1. The van der Waals surface area contributed by atoms with Crippen LogP contribution >= 0.6 is 0 Å². The van der Waals surface area contributed by atoms with Gasteiger partial charge in [0.25, 0.3) is 0 Å². The number of carbonyl (C=O) groups is 2. The molecule has 0 amide bonds. The maximum atomic E-state index is 12.9. The second-order valence-electron chi connectivity index (χ2n) is 5.04. The predicted molar refractivity (Wildman–Crippen MR) is 77.4 cm³/mol. The largest absolute Gasteiger partial charge is 0.501 e. The molecule has 0 saturated carbocycles. The highest BCUT2D eigenvalue weighted by atomic mass is 19.3. The number of benzene rings is 1. The molecule has 0 heterocycles. The molecule has 0 radical (unpaired) electrons. The lowest BCUT2D eigenvalue weighted by atomic mass is 10.0. The van der Waals surface area contributed by atoms with Crippen molar-refractivity contribution in [2.24, 2.45) is 0 Å². The normalized spacial score (nSPS) is 11.2. The Bertz CT molecular complexity index is 497. The molecule has 1 rings (SSSR count). The van der Waals surface area contributed by atoms with Crippen LogP contribution in [0.15, 0.2) is 24.3 Å². The third kappa shape index (κ3) is 5.79. The highest BCUT2D eigenvalue weighted by Crippen LogP contribution is 2.22. The topological polar surface area (TPSA) is 63.6 Å². The smallest absolute Gasteiger partial charge is 0.474 e. The Morgan fingerprint density at radius 2 is 1.68 bits per heavy atom. The summed E-state index contributed by atoms with van der Waals surface area (Å²) in [5.41, 5.74) is 0.404. The molecule has 4 nitrogen and oxygen atoms in total. The Balaban J connectivity index is 2.50. The number of carboxylic acid groups (broad SMARTS) is 1. The number of hydrogen-bond acceptors (Lipinski definition) is 3. The van der Waals surface area contributed by atoms with Crippen LogP contribution in [0.4, 0.5) is 8.78 Å². The standard InChI is InChI=1S/C16H20F2O4/c1-2-3-4-5-6-7-14(19)12-8-10-13(11-9-12)22-16(17,18)15(20)21/h8-11H,2-7H2,1H3,(H,20,21). The Labute approximate surface area is 128 Å². The number of hydrogen-bond donors (Lipinski definition) is 1. The highest BCUT2D eigenvalue weighted by Gasteiger charge is 2.42. The van der Waals surface area contributed by atoms with Crippen molar-refractivity contribution in [2.75, 3.05) is 0 Å². The van der Waals surface area contributed by atoms with Crippen LogP contribution in [0, 0.1) is 0 Å². The number of ether oxygens (including phenoxy) is 1. The van der Waals surface area contributed by atoms with Crippen molar-refractivity contribution in [3.8, 4) is 5.75 Å². The van der Waals surface area contributed by atoms with E-state index in [4.69, 9.17) is 5.11 Å². The maximum absolute atomic E-state index is 12.9. The molecule has 22 heavy (non-hydrogen) atoms. The highest BCUT2D eigenvalue weighted by molar-refractivity contribution is 5.96. The first-order chi connectivity index (χ1) is 10.4. The summed E-state index contributed by atoms with van der Waals surface area (Å²) in [4.78, 5) is 22.2. The van der Waals surface area contributed by atoms with Gasteiger partial charge in [-0.05, 0) is 30.7 Å². The lowest BCUT2D eigenvalue weighted by molar-refractivity contribution is -0.210. The number of ketones is 1. The van der Waals surface area contributed by atoms with Gasteiger partial charge in [-0.3, -0.25) is 4.79 Å². The van der Waals surface area contributed by atoms with Crippen molar-refractivity contribution in [3.05, 3.63) is 29.8 Å². The van der Waals surface area contributed by atoms with Gasteiger partial charge < -0.3 is 9.84 Å². The van der Waals surface area contributed by atoms with Crippen molar-refractivity contribution in [2.45, 2.75) is 51.6 Å². The van der Waals surface area contributed by atoms with Crippen LogP contribution in [0.2, 0.25) is 0 Å². The lowest BCUT2D eigenvalue weighted by Crippen LogP contribution is -2.34. The van der Waals surface area contributed by atoms with Gasteiger partial charge in [-0.15, -0.1) is 0 Å². The van der Waals surface area contributed by atoms with Crippen LogP contribution < -0.4 is 4.74 Å². The summed E-state index contributed by atoms with van der Waals surface area (Å²) < 4.78 is 29.8. The molecule has 0 aromatic heterocycles. The number of halogens is 2. The minimum Gasteiger partial charge on any atom is -0.474 e. The fraction of sp³-hybridized carbons (Fsp3) is 0.500. The minimum absolute atomic E-state index is 0.0620. The van der Waals surface area contributed by atoms with Gasteiger partial charge in [-0.1, -0.05) is 32.6 Å². The first-order valence-corrected chi connectivity index (χ1v) is 7.30. The summed E-state index contributed by atoms with van der Waals surface area (Å²) in [5.74, 6) is -2.72. The predicted octanol–water partition coefficient (Wildman–Crippen LogP) is 4.29. The number of carbonyl (C=O) groups excluding carboxylic acids is 1. The Morgan fingerprint density at radius 1 is 1.09 bits per heavy atom. The van der Waals surface area contributed by atoms with Crippen LogP contribution in [-0.2, 0) is 4.79 Å². The van der Waals surface area contributed by atoms with Crippen molar-refractivity contribution < 1.29 is 28.2 Å². The van der Waals surface area contributed by atoms with E-state index in [0.29, 0.717) is 12.0 Å². The van der Waals surface area contributed by atoms with Gasteiger partial charge in [0.05, 0.1) is 0 Å². The van der Waals surface area contributed by atoms with Crippen molar-refractivity contribution in [1.82, 2.24) is 0 Å². The van der Waals surface area contributed by atoms with Crippen molar-refractivity contribution in [1.29, 1.82) is 0 Å². The Morgan fingerprint density at radius 3 is 2.23 bits per heavy atom. The van der Waals surface area contributed by atoms with Crippen LogP contribution in [0.5, 0.6) is 5.75 Å². The average Bonchev–Trinajstić information content (AvgIpc) is 2.47. The molecule has 6 heteroatoms. The van der Waals surface area contributed by atoms with E-state index in [0.717, 1.165) is 32.1 Å². The molecule has 1 aromatic rings. The van der Waals surface area contributed by atoms with Gasteiger partial charge in [0.2, 0.25) is 0 Å². The molecule has 0 spiro atoms. The Kier molecular flexibility index (Phi) is 6.95. The first-order valence-electron chi connectivity index (χ1n) is 7.30. The van der Waals surface area contributed by atoms with Crippen LogP contribution in [0.3, 0.4) is 0 Å². The SMILES string of the molecule is CCCCCCCC(=O)c1ccc(OC(F)(F)C(=O)O)cc1. The van der Waals surface area contributed by atoms with Crippen LogP contribution in [-0.4, -0.2) is 23.0 Å². The van der Waals surface area contributed by atoms with Crippen LogP contribution in [0.25, 0.3) is 0 Å². The third-order valence-electron chi connectivity index (χ3n) is 3.18. The van der Waals surface area contributed by atoms with E-state index in [1.807, 2.05) is 0 Å². The van der Waals surface area contributed by atoms with Gasteiger partial charge in [-0.2, -0.15) is 8.78 Å². The first kappa shape index (κ1) is 18.1. The third-order valence-corrected chi connectivity index (χ3v) is 3.18. The summed E-state index contributed by atoms with van der Waals surface area (Å²) >= 11 is 0. The van der Waals surface area contributed by atoms with E-state index in [1.54, 1.807) is 0 Å². The summed E-state index contributed by atoms with van der Waals surface area (Å²) in [6.45, 7) is 2.11. The minimum atomic E-state index is -4.29. The quantitative estimate of drug-likeness (QED) is 0.517.